The fourth-order valence-electron chi connectivity index (χ4n) is 2.71. The van der Waals surface area contributed by atoms with E-state index in [4.69, 9.17) is 9.47 Å². The fourth-order valence-corrected chi connectivity index (χ4v) is 3.44. The molecule has 0 radical (unpaired) electrons. The highest BCUT2D eigenvalue weighted by Gasteiger charge is 2.15. The number of nitrogens with one attached hydrogen (secondary N) is 2. The van der Waals surface area contributed by atoms with Crippen LogP contribution in [0.3, 0.4) is 0 Å². The smallest absolute Gasteiger partial charge is 0.234 e. The largest absolute Gasteiger partial charge is 0.497 e. The van der Waals surface area contributed by atoms with Gasteiger partial charge in [0.2, 0.25) is 11.8 Å². The number of aromatic nitrogens is 3. The Bertz CT molecular complexity index is 1050. The first-order valence-electron chi connectivity index (χ1n) is 9.38. The zero-order valence-corrected chi connectivity index (χ0v) is 18.2. The summed E-state index contributed by atoms with van der Waals surface area (Å²) in [4.78, 5) is 24.6. The van der Waals surface area contributed by atoms with Crippen molar-refractivity contribution < 1.29 is 19.1 Å². The maximum atomic E-state index is 12.4. The highest BCUT2D eigenvalue weighted by molar-refractivity contribution is 7.99. The third kappa shape index (κ3) is 5.98. The molecule has 0 saturated heterocycles. The average Bonchev–Trinajstić information content (AvgIpc) is 3.12. The number of benzene rings is 2. The molecule has 0 aliphatic rings. The number of rotatable bonds is 9. The number of ether oxygens (including phenoxy) is 2. The van der Waals surface area contributed by atoms with Gasteiger partial charge in [-0.3, -0.25) is 9.59 Å². The van der Waals surface area contributed by atoms with Crippen molar-refractivity contribution in [3.63, 3.8) is 0 Å². The van der Waals surface area contributed by atoms with Gasteiger partial charge in [0, 0.05) is 12.7 Å². The van der Waals surface area contributed by atoms with Gasteiger partial charge >= 0.3 is 0 Å². The number of hydrogen-bond donors (Lipinski definition) is 2. The van der Waals surface area contributed by atoms with E-state index in [2.05, 4.69) is 20.8 Å². The molecule has 0 saturated carbocycles. The van der Waals surface area contributed by atoms with Crippen LogP contribution in [0.2, 0.25) is 0 Å². The molecule has 0 fully saturated rings. The lowest BCUT2D eigenvalue weighted by Crippen LogP contribution is -2.17. The van der Waals surface area contributed by atoms with Crippen molar-refractivity contribution in [2.75, 3.05) is 30.6 Å². The van der Waals surface area contributed by atoms with E-state index in [0.29, 0.717) is 33.9 Å². The first-order chi connectivity index (χ1) is 15.0. The molecule has 162 valence electrons. The molecule has 1 heterocycles. The minimum atomic E-state index is -0.242. The summed E-state index contributed by atoms with van der Waals surface area (Å²) in [5.74, 6) is 1.53. The van der Waals surface area contributed by atoms with Crippen molar-refractivity contribution in [3.8, 4) is 11.5 Å². The van der Waals surface area contributed by atoms with Gasteiger partial charge in [-0.05, 0) is 36.4 Å². The average molecular weight is 442 g/mol. The summed E-state index contributed by atoms with van der Waals surface area (Å²) < 4.78 is 12.0. The Morgan fingerprint density at radius 1 is 0.968 bits per heavy atom. The van der Waals surface area contributed by atoms with Crippen LogP contribution in [0.25, 0.3) is 0 Å². The summed E-state index contributed by atoms with van der Waals surface area (Å²) >= 11 is 1.24. The Hall–Kier alpha value is -3.53. The molecular formula is C21H23N5O4S. The van der Waals surface area contributed by atoms with Gasteiger partial charge in [-0.2, -0.15) is 0 Å². The van der Waals surface area contributed by atoms with E-state index in [1.54, 1.807) is 62.2 Å². The maximum Gasteiger partial charge on any atom is 0.234 e. The lowest BCUT2D eigenvalue weighted by Gasteiger charge is -2.09. The van der Waals surface area contributed by atoms with Crippen LogP contribution < -0.4 is 20.1 Å². The fraction of sp³-hybridized carbons (Fsp3) is 0.238. The van der Waals surface area contributed by atoms with Crippen molar-refractivity contribution in [1.82, 2.24) is 14.8 Å². The quantitative estimate of drug-likeness (QED) is 0.492. The number of nitrogens with zero attached hydrogens (tertiary/aromatic N) is 3. The van der Waals surface area contributed by atoms with E-state index in [1.165, 1.54) is 11.8 Å². The number of para-hydroxylation sites is 2. The van der Waals surface area contributed by atoms with Gasteiger partial charge < -0.3 is 24.7 Å². The number of thioether (sulfide) groups is 1. The van der Waals surface area contributed by atoms with Crippen LogP contribution in [0.5, 0.6) is 11.5 Å². The second-order valence-electron chi connectivity index (χ2n) is 6.45. The highest BCUT2D eigenvalue weighted by Crippen LogP contribution is 2.23. The zero-order valence-electron chi connectivity index (χ0n) is 17.4. The molecule has 0 aliphatic carbocycles. The predicted octanol–water partition coefficient (Wildman–Crippen LogP) is 2.74. The molecule has 2 N–H and O–H groups in total. The zero-order chi connectivity index (χ0) is 22.2. The van der Waals surface area contributed by atoms with Crippen molar-refractivity contribution >= 4 is 35.0 Å². The Labute approximate surface area is 184 Å². The van der Waals surface area contributed by atoms with E-state index in [9.17, 15) is 9.59 Å². The summed E-state index contributed by atoms with van der Waals surface area (Å²) in [7, 11) is 4.89. The first kappa shape index (κ1) is 22.2. The second-order valence-corrected chi connectivity index (χ2v) is 7.39. The molecule has 31 heavy (non-hydrogen) atoms. The minimum absolute atomic E-state index is 0.0418. The third-order valence-corrected chi connectivity index (χ3v) is 5.35. The molecule has 3 aromatic rings. The van der Waals surface area contributed by atoms with Crippen molar-refractivity contribution in [1.29, 1.82) is 0 Å². The molecule has 0 aliphatic heterocycles. The molecule has 2 amide bonds. The van der Waals surface area contributed by atoms with E-state index >= 15 is 0 Å². The summed E-state index contributed by atoms with van der Waals surface area (Å²) in [6.07, 6.45) is 0.0418. The summed E-state index contributed by atoms with van der Waals surface area (Å²) in [6, 6.07) is 14.2. The van der Waals surface area contributed by atoms with Crippen LogP contribution >= 0.6 is 11.8 Å². The normalized spacial score (nSPS) is 10.4. The minimum Gasteiger partial charge on any atom is -0.497 e. The molecule has 3 rings (SSSR count). The molecule has 0 spiro atoms. The van der Waals surface area contributed by atoms with Crippen molar-refractivity contribution in [2.24, 2.45) is 7.05 Å². The van der Waals surface area contributed by atoms with E-state index < -0.39 is 0 Å². The SMILES string of the molecule is COc1ccc(NC(=O)CSc2nnc(CC(=O)Nc3ccccc3OC)n2C)cc1. The second kappa shape index (κ2) is 10.5. The van der Waals surface area contributed by atoms with Crippen molar-refractivity contribution in [3.05, 3.63) is 54.4 Å². The Balaban J connectivity index is 1.53. The van der Waals surface area contributed by atoms with Gasteiger partial charge in [-0.25, -0.2) is 0 Å². The molecular weight excluding hydrogens is 418 g/mol. The highest BCUT2D eigenvalue weighted by atomic mass is 32.2. The topological polar surface area (TPSA) is 107 Å². The predicted molar refractivity (Wildman–Crippen MR) is 119 cm³/mol. The summed E-state index contributed by atoms with van der Waals surface area (Å²) in [5, 5.41) is 14.3. The van der Waals surface area contributed by atoms with Gasteiger partial charge in [-0.1, -0.05) is 23.9 Å². The van der Waals surface area contributed by atoms with Gasteiger partial charge in [0.1, 0.15) is 17.3 Å². The maximum absolute atomic E-state index is 12.4. The Morgan fingerprint density at radius 3 is 2.42 bits per heavy atom. The van der Waals surface area contributed by atoms with Crippen LogP contribution in [0.4, 0.5) is 11.4 Å². The number of amides is 2. The molecule has 9 nitrogen and oxygen atoms in total. The summed E-state index contributed by atoms with van der Waals surface area (Å²) in [5.41, 5.74) is 1.26. The molecule has 1 aromatic heterocycles. The molecule has 0 atom stereocenters. The standard InChI is InChI=1S/C21H23N5O4S/c1-26-18(12-19(27)23-16-6-4-5-7-17(16)30-3)24-25-21(26)31-13-20(28)22-14-8-10-15(29-2)11-9-14/h4-11H,12-13H2,1-3H3,(H,22,28)(H,23,27). The van der Waals surface area contributed by atoms with Crippen LogP contribution in [0.15, 0.2) is 53.7 Å². The lowest BCUT2D eigenvalue weighted by molar-refractivity contribution is -0.116. The number of carbonyl (C=O) groups excluding carboxylic acids is 2. The van der Waals surface area contributed by atoms with E-state index in [0.717, 1.165) is 0 Å². The molecule has 0 bridgehead atoms. The molecule has 0 unspecified atom stereocenters. The third-order valence-electron chi connectivity index (χ3n) is 4.33. The molecule has 10 heteroatoms. The summed E-state index contributed by atoms with van der Waals surface area (Å²) in [6.45, 7) is 0. The number of methoxy groups -OCH3 is 2. The van der Waals surface area contributed by atoms with Crippen LogP contribution in [0.1, 0.15) is 5.82 Å². The number of carbonyl (C=O) groups is 2. The molecule has 2 aromatic carbocycles. The van der Waals surface area contributed by atoms with Crippen LogP contribution in [0, 0.1) is 0 Å². The number of hydrogen-bond acceptors (Lipinski definition) is 7. The number of anilines is 2. The van der Waals surface area contributed by atoms with Crippen LogP contribution in [-0.4, -0.2) is 46.6 Å². The van der Waals surface area contributed by atoms with Gasteiger partial charge in [-0.15, -0.1) is 10.2 Å². The van der Waals surface area contributed by atoms with E-state index in [1.807, 2.05) is 12.1 Å². The Kier molecular flexibility index (Phi) is 7.50. The van der Waals surface area contributed by atoms with Crippen molar-refractivity contribution in [2.45, 2.75) is 11.6 Å². The van der Waals surface area contributed by atoms with E-state index in [-0.39, 0.29) is 24.0 Å². The lowest BCUT2D eigenvalue weighted by atomic mass is 10.2. The van der Waals surface area contributed by atoms with Gasteiger partial charge in [0.15, 0.2) is 5.16 Å². The van der Waals surface area contributed by atoms with Crippen LogP contribution in [-0.2, 0) is 23.1 Å². The first-order valence-corrected chi connectivity index (χ1v) is 10.4. The monoisotopic (exact) mass is 441 g/mol. The Morgan fingerprint density at radius 2 is 1.71 bits per heavy atom. The van der Waals surface area contributed by atoms with Gasteiger partial charge in [0.25, 0.3) is 0 Å². The van der Waals surface area contributed by atoms with Gasteiger partial charge in [0.05, 0.1) is 32.1 Å².